The Balaban J connectivity index is 1.76. The molecule has 0 bridgehead atoms. The van der Waals surface area contributed by atoms with Gasteiger partial charge in [0.25, 0.3) is 0 Å². The summed E-state index contributed by atoms with van der Waals surface area (Å²) in [6, 6.07) is 10.5. The molecule has 0 aromatic heterocycles. The van der Waals surface area contributed by atoms with Gasteiger partial charge in [-0.2, -0.15) is 0 Å². The summed E-state index contributed by atoms with van der Waals surface area (Å²) in [7, 11) is 0. The molecule has 2 heteroatoms. The average molecular weight is 202 g/mol. The van der Waals surface area contributed by atoms with E-state index in [1.165, 1.54) is 5.56 Å². The lowest BCUT2D eigenvalue weighted by Crippen LogP contribution is -2.07. The highest BCUT2D eigenvalue weighted by Gasteiger charge is 2.43. The van der Waals surface area contributed by atoms with Gasteiger partial charge in [-0.05, 0) is 24.3 Å². The van der Waals surface area contributed by atoms with E-state index < -0.39 is 0 Å². The second-order valence-corrected chi connectivity index (χ2v) is 4.57. The van der Waals surface area contributed by atoms with Crippen LogP contribution in [-0.2, 0) is 9.53 Å². The van der Waals surface area contributed by atoms with Gasteiger partial charge in [0.2, 0.25) is 0 Å². The molecule has 0 radical (unpaired) electrons. The van der Waals surface area contributed by atoms with Gasteiger partial charge in [-0.15, -0.1) is 0 Å². The molecule has 1 unspecified atom stereocenters. The fourth-order valence-electron chi connectivity index (χ4n) is 2.87. The van der Waals surface area contributed by atoms with Crippen LogP contribution in [0.4, 0.5) is 0 Å². The van der Waals surface area contributed by atoms with Gasteiger partial charge in [-0.1, -0.05) is 30.3 Å². The Morgan fingerprint density at radius 2 is 1.93 bits per heavy atom. The third kappa shape index (κ3) is 1.54. The summed E-state index contributed by atoms with van der Waals surface area (Å²) in [5.74, 6) is 1.06. The van der Waals surface area contributed by atoms with Gasteiger partial charge < -0.3 is 4.74 Å². The van der Waals surface area contributed by atoms with Gasteiger partial charge in [0.15, 0.2) is 0 Å². The Labute approximate surface area is 89.2 Å². The van der Waals surface area contributed by atoms with E-state index in [9.17, 15) is 4.79 Å². The van der Waals surface area contributed by atoms with Crippen LogP contribution in [0.2, 0.25) is 0 Å². The Morgan fingerprint density at radius 1 is 1.13 bits per heavy atom. The van der Waals surface area contributed by atoms with E-state index in [0.29, 0.717) is 18.3 Å². The van der Waals surface area contributed by atoms with Gasteiger partial charge in [0.05, 0.1) is 6.42 Å². The van der Waals surface area contributed by atoms with Crippen molar-refractivity contribution in [3.05, 3.63) is 35.9 Å². The fourth-order valence-corrected chi connectivity index (χ4v) is 2.87. The van der Waals surface area contributed by atoms with Crippen molar-refractivity contribution in [3.63, 3.8) is 0 Å². The lowest BCUT2D eigenvalue weighted by Gasteiger charge is -2.10. The predicted molar refractivity (Wildman–Crippen MR) is 56.4 cm³/mol. The maximum Gasteiger partial charge on any atom is 0.306 e. The molecule has 2 fully saturated rings. The second kappa shape index (κ2) is 3.37. The molecule has 2 aliphatic rings. The van der Waals surface area contributed by atoms with Crippen LogP contribution in [-0.4, -0.2) is 12.1 Å². The fraction of sp³-hybridized carbons (Fsp3) is 0.462. The summed E-state index contributed by atoms with van der Waals surface area (Å²) < 4.78 is 5.30. The molecule has 1 heterocycles. The quantitative estimate of drug-likeness (QED) is 0.654. The zero-order valence-electron chi connectivity index (χ0n) is 8.56. The monoisotopic (exact) mass is 202 g/mol. The average Bonchev–Trinajstić information content (AvgIpc) is 2.76. The third-order valence-corrected chi connectivity index (χ3v) is 3.61. The Morgan fingerprint density at radius 3 is 2.67 bits per heavy atom. The molecule has 1 aromatic carbocycles. The molecule has 0 spiro atoms. The number of carbonyl (C=O) groups is 1. The van der Waals surface area contributed by atoms with Crippen molar-refractivity contribution >= 4 is 5.97 Å². The van der Waals surface area contributed by atoms with Crippen molar-refractivity contribution in [3.8, 4) is 0 Å². The highest BCUT2D eigenvalue weighted by Crippen LogP contribution is 2.44. The summed E-state index contributed by atoms with van der Waals surface area (Å²) in [6.07, 6.45) is 2.96. The van der Waals surface area contributed by atoms with E-state index >= 15 is 0 Å². The number of hydrogen-bond donors (Lipinski definition) is 0. The SMILES string of the molecule is O=C1C[C@H]2CC(c3ccccc3)C[C@H]2O1. The first-order valence-electron chi connectivity index (χ1n) is 5.57. The molecule has 1 aromatic rings. The first kappa shape index (κ1) is 8.96. The number of esters is 1. The van der Waals surface area contributed by atoms with E-state index in [1.54, 1.807) is 0 Å². The van der Waals surface area contributed by atoms with E-state index in [1.807, 2.05) is 6.07 Å². The van der Waals surface area contributed by atoms with E-state index in [0.717, 1.165) is 12.8 Å². The number of carbonyl (C=O) groups excluding carboxylic acids is 1. The van der Waals surface area contributed by atoms with Gasteiger partial charge >= 0.3 is 5.97 Å². The van der Waals surface area contributed by atoms with Crippen LogP contribution in [0.25, 0.3) is 0 Å². The van der Waals surface area contributed by atoms with Gasteiger partial charge in [-0.3, -0.25) is 4.79 Å². The van der Waals surface area contributed by atoms with Gasteiger partial charge in [0, 0.05) is 5.92 Å². The molecule has 1 aliphatic carbocycles. The number of hydrogen-bond acceptors (Lipinski definition) is 2. The minimum absolute atomic E-state index is 0.00323. The second-order valence-electron chi connectivity index (χ2n) is 4.57. The Bertz CT molecular complexity index is 355. The highest BCUT2D eigenvalue weighted by molar-refractivity contribution is 5.72. The molecule has 3 atom stereocenters. The van der Waals surface area contributed by atoms with Crippen LogP contribution in [0.3, 0.4) is 0 Å². The Hall–Kier alpha value is -1.31. The minimum atomic E-state index is -0.00323. The van der Waals surface area contributed by atoms with Crippen molar-refractivity contribution in [1.82, 2.24) is 0 Å². The zero-order valence-corrected chi connectivity index (χ0v) is 8.56. The maximum absolute atomic E-state index is 11.1. The number of fused-ring (bicyclic) bond motifs is 1. The van der Waals surface area contributed by atoms with E-state index in [4.69, 9.17) is 4.74 Å². The van der Waals surface area contributed by atoms with Crippen molar-refractivity contribution in [2.75, 3.05) is 0 Å². The molecule has 3 rings (SSSR count). The molecule has 2 nitrogen and oxygen atoms in total. The molecule has 0 amide bonds. The largest absolute Gasteiger partial charge is 0.462 e. The van der Waals surface area contributed by atoms with Crippen molar-refractivity contribution in [1.29, 1.82) is 0 Å². The Kier molecular flexibility index (Phi) is 2.01. The zero-order chi connectivity index (χ0) is 10.3. The maximum atomic E-state index is 11.1. The molecular formula is C13H14O2. The van der Waals surface area contributed by atoms with Crippen molar-refractivity contribution in [2.24, 2.45) is 5.92 Å². The number of ether oxygens (including phenoxy) is 1. The van der Waals surface area contributed by atoms with Crippen molar-refractivity contribution in [2.45, 2.75) is 31.3 Å². The summed E-state index contributed by atoms with van der Waals surface area (Å²) in [5.41, 5.74) is 1.39. The molecule has 1 saturated carbocycles. The topological polar surface area (TPSA) is 26.3 Å². The minimum Gasteiger partial charge on any atom is -0.462 e. The summed E-state index contributed by atoms with van der Waals surface area (Å²) >= 11 is 0. The van der Waals surface area contributed by atoms with Gasteiger partial charge in [0.1, 0.15) is 6.10 Å². The van der Waals surface area contributed by atoms with Crippen molar-refractivity contribution < 1.29 is 9.53 Å². The first-order valence-corrected chi connectivity index (χ1v) is 5.57. The lowest BCUT2D eigenvalue weighted by atomic mass is 9.96. The highest BCUT2D eigenvalue weighted by atomic mass is 16.5. The summed E-state index contributed by atoms with van der Waals surface area (Å²) in [4.78, 5) is 11.1. The lowest BCUT2D eigenvalue weighted by molar-refractivity contribution is -0.141. The van der Waals surface area contributed by atoms with Crippen LogP contribution >= 0.6 is 0 Å². The summed E-state index contributed by atoms with van der Waals surface area (Å²) in [6.45, 7) is 0. The normalized spacial score (nSPS) is 33.9. The number of rotatable bonds is 1. The first-order chi connectivity index (χ1) is 7.33. The summed E-state index contributed by atoms with van der Waals surface area (Å²) in [5, 5.41) is 0. The standard InChI is InChI=1S/C13H14O2/c14-13-8-11-6-10(7-12(11)15-13)9-4-2-1-3-5-9/h1-5,10-12H,6-8H2/t10?,11-,12-/m1/s1. The number of benzene rings is 1. The molecule has 1 aliphatic heterocycles. The van der Waals surface area contributed by atoms with Gasteiger partial charge in [-0.25, -0.2) is 0 Å². The molecule has 15 heavy (non-hydrogen) atoms. The molecule has 78 valence electrons. The third-order valence-electron chi connectivity index (χ3n) is 3.61. The van der Waals surface area contributed by atoms with Crippen LogP contribution in [0.15, 0.2) is 30.3 Å². The predicted octanol–water partition coefficient (Wildman–Crippen LogP) is 2.50. The molecular weight excluding hydrogens is 188 g/mol. The van der Waals surface area contributed by atoms with Crippen LogP contribution < -0.4 is 0 Å². The van der Waals surface area contributed by atoms with E-state index in [2.05, 4.69) is 24.3 Å². The van der Waals surface area contributed by atoms with Crippen LogP contribution in [0, 0.1) is 5.92 Å². The molecule has 0 N–H and O–H groups in total. The smallest absolute Gasteiger partial charge is 0.306 e. The molecule has 1 saturated heterocycles. The van der Waals surface area contributed by atoms with Crippen LogP contribution in [0.5, 0.6) is 0 Å². The van der Waals surface area contributed by atoms with E-state index in [-0.39, 0.29) is 12.1 Å². The van der Waals surface area contributed by atoms with Crippen LogP contribution in [0.1, 0.15) is 30.7 Å².